The zero-order chi connectivity index (χ0) is 6.00. The topological polar surface area (TPSA) is 20.2 Å². The van der Waals surface area contributed by atoms with Gasteiger partial charge in [0.2, 0.25) is 0 Å². The minimum Gasteiger partial charge on any atom is -0.400 e. The van der Waals surface area contributed by atoms with Gasteiger partial charge in [-0.25, -0.2) is 0 Å². The van der Waals surface area contributed by atoms with Crippen molar-refractivity contribution in [3.05, 3.63) is 0 Å². The van der Waals surface area contributed by atoms with Crippen LogP contribution in [0, 0.1) is 0 Å². The Labute approximate surface area is 70.5 Å². The molecule has 0 unspecified atom stereocenters. The minimum atomic E-state index is 0. The molecule has 0 amide bonds. The fraction of sp³-hybridized carbons (Fsp3) is 1.00. The predicted octanol–water partition coefficient (Wildman–Crippen LogP) is 4.21. The minimum absolute atomic E-state index is 0. The largest absolute Gasteiger partial charge is 0.400 e. The molecule has 0 heterocycles. The lowest BCUT2D eigenvalue weighted by Gasteiger charge is -1.21. The first-order chi connectivity index (χ1) is 3.00. The summed E-state index contributed by atoms with van der Waals surface area (Å²) >= 11 is 0. The number of hydrogen-bond donors (Lipinski definition) is 1. The molecule has 0 aromatic heterocycles. The maximum Gasteiger partial charge on any atom is 0.0319 e. The molecule has 1 N–H and O–H groups in total. The van der Waals surface area contributed by atoms with Crippen LogP contribution in [0.25, 0.3) is 0 Å². The van der Waals surface area contributed by atoms with Crippen molar-refractivity contribution in [3.63, 3.8) is 0 Å². The molecule has 0 aliphatic carbocycles. The second kappa shape index (κ2) is 355000. The van der Waals surface area contributed by atoms with Crippen molar-refractivity contribution in [2.75, 3.05) is 7.11 Å². The highest BCUT2D eigenvalue weighted by molar-refractivity contribution is 3.51. The van der Waals surface area contributed by atoms with Gasteiger partial charge in [0, 0.05) is 7.11 Å². The van der Waals surface area contributed by atoms with E-state index in [-0.39, 0.29) is 29.7 Å². The molecule has 0 aliphatic heterocycles. The van der Waals surface area contributed by atoms with E-state index in [4.69, 9.17) is 5.11 Å². The van der Waals surface area contributed by atoms with Crippen LogP contribution in [-0.4, -0.2) is 12.2 Å². The first-order valence-electron chi connectivity index (χ1n) is 2.45. The van der Waals surface area contributed by atoms with Crippen molar-refractivity contribution in [2.24, 2.45) is 0 Å². The van der Waals surface area contributed by atoms with Crippen LogP contribution in [0.15, 0.2) is 0 Å². The van der Waals surface area contributed by atoms with E-state index in [0.29, 0.717) is 0 Å². The molecule has 0 rings (SSSR count). The predicted molar refractivity (Wildman–Crippen MR) is 57.8 cm³/mol. The molecule has 1 heteroatoms. The second-order valence-corrected chi connectivity index (χ2v) is 0. The molecular formula is C9H32O. The van der Waals surface area contributed by atoms with Crippen molar-refractivity contribution < 1.29 is 5.11 Å². The average Bonchev–Trinajstić information content (AvgIpc) is 1.81. The Morgan fingerprint density at radius 1 is 0.500 bits per heavy atom. The Balaban J connectivity index is -0.00000000225. The van der Waals surface area contributed by atoms with Crippen LogP contribution in [0.5, 0.6) is 0 Å². The van der Waals surface area contributed by atoms with Gasteiger partial charge >= 0.3 is 0 Å². The van der Waals surface area contributed by atoms with Gasteiger partial charge in [-0.3, -0.25) is 0 Å². The summed E-state index contributed by atoms with van der Waals surface area (Å²) in [7, 11) is 1.00. The van der Waals surface area contributed by atoms with Crippen LogP contribution < -0.4 is 0 Å². The van der Waals surface area contributed by atoms with Crippen LogP contribution in [0.3, 0.4) is 0 Å². The molecule has 0 fully saturated rings. The highest BCUT2D eigenvalue weighted by Crippen LogP contribution is 1.15. The van der Waals surface area contributed by atoms with Crippen molar-refractivity contribution in [3.8, 4) is 0 Å². The third-order valence-corrected chi connectivity index (χ3v) is 0. The van der Waals surface area contributed by atoms with E-state index in [1.54, 1.807) is 0 Å². The fourth-order valence-corrected chi connectivity index (χ4v) is 0. The van der Waals surface area contributed by atoms with Gasteiger partial charge in [-0.2, -0.15) is 0 Å². The molecule has 0 spiro atoms. The highest BCUT2D eigenvalue weighted by atomic mass is 16.2. The second-order valence-electron chi connectivity index (χ2n) is 0. The number of aliphatic hydroxyl groups excluding tert-OH is 1. The quantitative estimate of drug-likeness (QED) is 0.557. The maximum atomic E-state index is 7.00. The van der Waals surface area contributed by atoms with E-state index in [2.05, 4.69) is 0 Å². The van der Waals surface area contributed by atoms with E-state index in [9.17, 15) is 0 Å². The lowest BCUT2D eigenvalue weighted by Crippen LogP contribution is -1.25. The first kappa shape index (κ1) is 91.3. The lowest BCUT2D eigenvalue weighted by atomic mass is 11.0. The fourth-order valence-electron chi connectivity index (χ4n) is 0. The SMILES string of the molecule is C.C.C.C.CC.CC.CO. The molecule has 0 aromatic carbocycles. The summed E-state index contributed by atoms with van der Waals surface area (Å²) in [6.45, 7) is 8.00. The van der Waals surface area contributed by atoms with Gasteiger partial charge < -0.3 is 5.11 Å². The summed E-state index contributed by atoms with van der Waals surface area (Å²) in [4.78, 5) is 0. The zero-order valence-corrected chi connectivity index (χ0v) is 5.45. The van der Waals surface area contributed by atoms with Gasteiger partial charge in [0.05, 0.1) is 0 Å². The molecule has 0 atom stereocenters. The summed E-state index contributed by atoms with van der Waals surface area (Å²) in [5, 5.41) is 7.00. The summed E-state index contributed by atoms with van der Waals surface area (Å²) < 4.78 is 0. The summed E-state index contributed by atoms with van der Waals surface area (Å²) in [6, 6.07) is 0. The van der Waals surface area contributed by atoms with Gasteiger partial charge in [0.15, 0.2) is 0 Å². The van der Waals surface area contributed by atoms with Crippen molar-refractivity contribution >= 4 is 0 Å². The molecule has 0 aliphatic rings. The van der Waals surface area contributed by atoms with E-state index in [0.717, 1.165) is 7.11 Å². The molecule has 1 nitrogen and oxygen atoms in total. The molecular weight excluding hydrogens is 124 g/mol. The molecule has 0 saturated carbocycles. The van der Waals surface area contributed by atoms with Crippen LogP contribution in [0.4, 0.5) is 0 Å². The maximum absolute atomic E-state index is 7.00. The van der Waals surface area contributed by atoms with Crippen molar-refractivity contribution in [2.45, 2.75) is 57.4 Å². The standard InChI is InChI=1S/2C2H6.CH4O.4CH4/c3*1-2;;;;/h2*1-2H3;2H,1H3;4*1H4. The molecule has 0 saturated heterocycles. The van der Waals surface area contributed by atoms with Crippen molar-refractivity contribution in [1.82, 2.24) is 0 Å². The van der Waals surface area contributed by atoms with Crippen LogP contribution in [0.1, 0.15) is 57.4 Å². The zero-order valence-electron chi connectivity index (χ0n) is 5.45. The Hall–Kier alpha value is -0.0400. The monoisotopic (exact) mass is 156 g/mol. The number of hydrogen-bond acceptors (Lipinski definition) is 1. The Bertz CT molecular complexity index is 4.69. The van der Waals surface area contributed by atoms with E-state index >= 15 is 0 Å². The first-order valence-corrected chi connectivity index (χ1v) is 2.45. The Morgan fingerprint density at radius 3 is 0.500 bits per heavy atom. The third-order valence-electron chi connectivity index (χ3n) is 0. The third kappa shape index (κ3) is 241000. The smallest absolute Gasteiger partial charge is 0.0319 e. The van der Waals surface area contributed by atoms with Gasteiger partial charge in [0.1, 0.15) is 0 Å². The normalized spacial score (nSPS) is 1.80. The summed E-state index contributed by atoms with van der Waals surface area (Å²) in [6.07, 6.45) is 0. The molecule has 0 bridgehead atoms. The Kier molecular flexibility index (Phi) is 3240000. The van der Waals surface area contributed by atoms with Gasteiger partial charge in [-0.1, -0.05) is 57.4 Å². The molecule has 0 aromatic rings. The summed E-state index contributed by atoms with van der Waals surface area (Å²) in [5.74, 6) is 0. The average molecular weight is 156 g/mol. The van der Waals surface area contributed by atoms with Gasteiger partial charge in [-0.15, -0.1) is 0 Å². The lowest BCUT2D eigenvalue weighted by molar-refractivity contribution is 0.399. The van der Waals surface area contributed by atoms with Crippen molar-refractivity contribution in [1.29, 1.82) is 0 Å². The van der Waals surface area contributed by atoms with E-state index in [1.807, 2.05) is 27.7 Å². The molecule has 0 radical (unpaired) electrons. The molecule has 74 valence electrons. The van der Waals surface area contributed by atoms with Crippen LogP contribution >= 0.6 is 0 Å². The Morgan fingerprint density at radius 2 is 0.500 bits per heavy atom. The highest BCUT2D eigenvalue weighted by Gasteiger charge is 0.934. The summed E-state index contributed by atoms with van der Waals surface area (Å²) in [5.41, 5.74) is 0. The van der Waals surface area contributed by atoms with Gasteiger partial charge in [-0.05, 0) is 0 Å². The number of aliphatic hydroxyl groups is 1. The number of rotatable bonds is 0. The van der Waals surface area contributed by atoms with E-state index < -0.39 is 0 Å². The van der Waals surface area contributed by atoms with Crippen LogP contribution in [-0.2, 0) is 0 Å². The van der Waals surface area contributed by atoms with Gasteiger partial charge in [0.25, 0.3) is 0 Å². The molecule has 10 heavy (non-hydrogen) atoms. The van der Waals surface area contributed by atoms with Crippen LogP contribution in [0.2, 0.25) is 0 Å². The van der Waals surface area contributed by atoms with E-state index in [1.165, 1.54) is 0 Å².